The van der Waals surface area contributed by atoms with Gasteiger partial charge in [0.2, 0.25) is 5.28 Å². The minimum atomic E-state index is -0.687. The quantitative estimate of drug-likeness (QED) is 0.374. The highest BCUT2D eigenvalue weighted by atomic mass is 127. The van der Waals surface area contributed by atoms with Gasteiger partial charge in [-0.2, -0.15) is 4.98 Å². The number of likely N-dealkylation sites (tertiary alicyclic amines) is 1. The number of carbonyl (C=O) groups is 1. The smallest absolute Gasteiger partial charge is 0.410 e. The molecule has 3 fully saturated rings. The average Bonchev–Trinajstić information content (AvgIpc) is 3.34. The summed E-state index contributed by atoms with van der Waals surface area (Å²) in [5, 5.41) is 0.933. The lowest BCUT2D eigenvalue weighted by Crippen LogP contribution is -2.46. The van der Waals surface area contributed by atoms with Crippen LogP contribution in [0.4, 0.5) is 10.6 Å². The van der Waals surface area contributed by atoms with Crippen molar-refractivity contribution in [1.29, 1.82) is 0 Å². The largest absolute Gasteiger partial charge is 0.444 e. The predicted octanol–water partition coefficient (Wildman–Crippen LogP) is 5.00. The number of nitrogens with two attached hydrogens (primary N) is 1. The van der Waals surface area contributed by atoms with Gasteiger partial charge in [0.15, 0.2) is 5.79 Å². The van der Waals surface area contributed by atoms with E-state index < -0.39 is 11.4 Å². The van der Waals surface area contributed by atoms with Crippen LogP contribution in [0, 0.1) is 15.4 Å². The number of rotatable bonds is 2. The minimum absolute atomic E-state index is 0.0000564. The van der Waals surface area contributed by atoms with Crippen LogP contribution >= 0.6 is 34.2 Å². The SMILES string of the molecule is CC(C)(C)OC(=O)N1CCC[C@@H]([C@H]2C[C@@H](n3cc(I)c4c(N)nc(Cl)nc43)[C@@H]3OC(C)(C)O[C@H]23)C1. The van der Waals surface area contributed by atoms with E-state index in [0.29, 0.717) is 24.6 Å². The molecule has 0 aromatic carbocycles. The molecular formula is C24H33ClIN5O4. The summed E-state index contributed by atoms with van der Waals surface area (Å²) in [7, 11) is 0. The second-order valence-electron chi connectivity index (χ2n) is 11.3. The van der Waals surface area contributed by atoms with Crippen LogP contribution in [0.3, 0.4) is 0 Å². The summed E-state index contributed by atoms with van der Waals surface area (Å²) in [6.07, 6.45) is 4.41. The molecule has 3 aliphatic rings. The summed E-state index contributed by atoms with van der Waals surface area (Å²) < 4.78 is 21.7. The van der Waals surface area contributed by atoms with Gasteiger partial charge < -0.3 is 29.4 Å². The standard InChI is InChI=1S/C24H33ClIN5O4/c1-23(2,3)35-22(32)30-8-6-7-12(10-30)13-9-15(18-17(13)33-24(4,5)34-18)31-11-14(26)16-19(27)28-21(25)29-20(16)31/h11-13,15,17-18H,6-10H2,1-5H3,(H2,27,28,29)/t12-,13-,15-,17-,18+/m1/s1. The number of nitrogen functional groups attached to an aromatic ring is 1. The molecule has 2 aromatic heterocycles. The van der Waals surface area contributed by atoms with Crippen LogP contribution in [-0.2, 0) is 14.2 Å². The van der Waals surface area contributed by atoms with Crippen molar-refractivity contribution in [1.82, 2.24) is 19.4 Å². The molecule has 5 atom stereocenters. The van der Waals surface area contributed by atoms with Gasteiger partial charge in [0.1, 0.15) is 23.2 Å². The number of carbonyl (C=O) groups excluding carboxylic acids is 1. The van der Waals surface area contributed by atoms with Gasteiger partial charge in [0.05, 0.1) is 17.5 Å². The summed E-state index contributed by atoms with van der Waals surface area (Å²) in [4.78, 5) is 23.3. The number of anilines is 1. The number of ether oxygens (including phenoxy) is 3. The Morgan fingerprint density at radius 2 is 2.00 bits per heavy atom. The van der Waals surface area contributed by atoms with Crippen molar-refractivity contribution in [2.75, 3.05) is 18.8 Å². The summed E-state index contributed by atoms with van der Waals surface area (Å²) in [6, 6.07) is 0.0000564. The second kappa shape index (κ2) is 8.88. The van der Waals surface area contributed by atoms with E-state index in [9.17, 15) is 4.79 Å². The zero-order chi connectivity index (χ0) is 25.3. The van der Waals surface area contributed by atoms with Crippen LogP contribution in [0.1, 0.15) is 59.9 Å². The van der Waals surface area contributed by atoms with Crippen LogP contribution in [0.5, 0.6) is 0 Å². The molecule has 0 radical (unpaired) electrons. The molecule has 9 nitrogen and oxygen atoms in total. The Morgan fingerprint density at radius 1 is 1.29 bits per heavy atom. The molecule has 1 saturated carbocycles. The molecule has 2 aliphatic heterocycles. The maximum Gasteiger partial charge on any atom is 0.410 e. The molecule has 0 unspecified atom stereocenters. The van der Waals surface area contributed by atoms with Gasteiger partial charge in [-0.05, 0) is 99.9 Å². The number of halogens is 2. The minimum Gasteiger partial charge on any atom is -0.444 e. The molecule has 4 heterocycles. The van der Waals surface area contributed by atoms with Crippen LogP contribution in [0.15, 0.2) is 6.20 Å². The topological polar surface area (TPSA) is 105 Å². The third-order valence-electron chi connectivity index (χ3n) is 7.18. The third kappa shape index (κ3) is 4.83. The van der Waals surface area contributed by atoms with Crippen LogP contribution in [0.2, 0.25) is 5.28 Å². The number of aromatic nitrogens is 3. The Balaban J connectivity index is 1.45. The number of amides is 1. The molecule has 192 valence electrons. The summed E-state index contributed by atoms with van der Waals surface area (Å²) >= 11 is 8.45. The second-order valence-corrected chi connectivity index (χ2v) is 12.8. The van der Waals surface area contributed by atoms with Gasteiger partial charge in [-0.1, -0.05) is 0 Å². The Hall–Kier alpha value is -1.37. The van der Waals surface area contributed by atoms with Gasteiger partial charge in [0, 0.05) is 22.9 Å². The highest BCUT2D eigenvalue weighted by Crippen LogP contribution is 2.51. The highest BCUT2D eigenvalue weighted by molar-refractivity contribution is 14.1. The molecular weight excluding hydrogens is 585 g/mol. The monoisotopic (exact) mass is 617 g/mol. The van der Waals surface area contributed by atoms with Crippen LogP contribution < -0.4 is 5.73 Å². The maximum atomic E-state index is 12.8. The molecule has 0 spiro atoms. The maximum absolute atomic E-state index is 12.8. The van der Waals surface area contributed by atoms with Crippen molar-refractivity contribution in [3.05, 3.63) is 15.1 Å². The Bertz CT molecular complexity index is 1150. The lowest BCUT2D eigenvalue weighted by atomic mass is 9.83. The number of hydrogen-bond donors (Lipinski definition) is 1. The van der Waals surface area contributed by atoms with Gasteiger partial charge in [-0.25, -0.2) is 9.78 Å². The summed E-state index contributed by atoms with van der Waals surface area (Å²) in [6.45, 7) is 11.0. The van der Waals surface area contributed by atoms with E-state index in [4.69, 9.17) is 31.5 Å². The van der Waals surface area contributed by atoms with Gasteiger partial charge in [-0.15, -0.1) is 0 Å². The average molecular weight is 618 g/mol. The molecule has 0 bridgehead atoms. The Morgan fingerprint density at radius 3 is 2.71 bits per heavy atom. The number of nitrogens with zero attached hydrogens (tertiary/aromatic N) is 4. The summed E-state index contributed by atoms with van der Waals surface area (Å²) in [5.74, 6) is 0.198. The normalized spacial score (nSPS) is 30.6. The van der Waals surface area contributed by atoms with Crippen molar-refractivity contribution in [2.45, 2.75) is 83.5 Å². The van der Waals surface area contributed by atoms with E-state index in [1.54, 1.807) is 0 Å². The van der Waals surface area contributed by atoms with E-state index >= 15 is 0 Å². The molecule has 2 saturated heterocycles. The highest BCUT2D eigenvalue weighted by Gasteiger charge is 2.57. The predicted molar refractivity (Wildman–Crippen MR) is 141 cm³/mol. The third-order valence-corrected chi connectivity index (χ3v) is 8.16. The lowest BCUT2D eigenvalue weighted by Gasteiger charge is -2.38. The first-order valence-corrected chi connectivity index (χ1v) is 13.6. The first kappa shape index (κ1) is 25.3. The molecule has 2 aromatic rings. The van der Waals surface area contributed by atoms with Crippen LogP contribution in [-0.4, -0.2) is 62.2 Å². The van der Waals surface area contributed by atoms with E-state index in [0.717, 1.165) is 28.2 Å². The van der Waals surface area contributed by atoms with Crippen molar-refractivity contribution in [2.24, 2.45) is 11.8 Å². The van der Waals surface area contributed by atoms with E-state index in [2.05, 4.69) is 43.3 Å². The number of fused-ring (bicyclic) bond motifs is 2. The van der Waals surface area contributed by atoms with Crippen LogP contribution in [0.25, 0.3) is 11.0 Å². The fourth-order valence-corrected chi connectivity index (χ4v) is 6.92. The first-order chi connectivity index (χ1) is 16.3. The van der Waals surface area contributed by atoms with Crippen molar-refractivity contribution in [3.63, 3.8) is 0 Å². The van der Waals surface area contributed by atoms with Gasteiger partial charge in [0.25, 0.3) is 0 Å². The Kier molecular flexibility index (Phi) is 6.42. The van der Waals surface area contributed by atoms with E-state index in [1.165, 1.54) is 0 Å². The van der Waals surface area contributed by atoms with E-state index in [1.807, 2.05) is 39.5 Å². The summed E-state index contributed by atoms with van der Waals surface area (Å²) in [5.41, 5.74) is 6.39. The van der Waals surface area contributed by atoms with Gasteiger partial charge in [-0.3, -0.25) is 0 Å². The molecule has 1 aliphatic carbocycles. The molecule has 35 heavy (non-hydrogen) atoms. The van der Waals surface area contributed by atoms with Gasteiger partial charge >= 0.3 is 6.09 Å². The van der Waals surface area contributed by atoms with Crippen molar-refractivity contribution >= 4 is 57.1 Å². The van der Waals surface area contributed by atoms with Crippen molar-refractivity contribution < 1.29 is 19.0 Å². The lowest BCUT2D eigenvalue weighted by molar-refractivity contribution is -0.163. The molecule has 1 amide bonds. The fraction of sp³-hybridized carbons (Fsp3) is 0.708. The fourth-order valence-electron chi connectivity index (χ4n) is 5.93. The van der Waals surface area contributed by atoms with Crippen molar-refractivity contribution in [3.8, 4) is 0 Å². The number of hydrogen-bond acceptors (Lipinski definition) is 7. The molecule has 2 N–H and O–H groups in total. The number of piperidine rings is 1. The Labute approximate surface area is 224 Å². The van der Waals surface area contributed by atoms with E-state index in [-0.39, 0.29) is 41.5 Å². The first-order valence-electron chi connectivity index (χ1n) is 12.2. The zero-order valence-corrected chi connectivity index (χ0v) is 23.7. The molecule has 5 rings (SSSR count). The molecule has 11 heteroatoms. The zero-order valence-electron chi connectivity index (χ0n) is 20.8.